The average Bonchev–Trinajstić information content (AvgIpc) is 2.79. The number of esters is 1. The second-order valence-corrected chi connectivity index (χ2v) is 5.33. The lowest BCUT2D eigenvalue weighted by Gasteiger charge is -2.28. The Morgan fingerprint density at radius 2 is 2.00 bits per heavy atom. The highest BCUT2D eigenvalue weighted by Crippen LogP contribution is 2.58. The van der Waals surface area contributed by atoms with Gasteiger partial charge in [0, 0.05) is 0 Å². The topological polar surface area (TPSA) is 38.8 Å². The minimum Gasteiger partial charge on any atom is -0.460 e. The van der Waals surface area contributed by atoms with Crippen molar-refractivity contribution in [1.29, 1.82) is 0 Å². The highest BCUT2D eigenvalue weighted by atomic mass is 16.7. The standard InChI is InChI=1S/C12H18O3/c1-11-7-2-3-8-12(11,15-11)10(13)14-9-5-4-6-9/h9H,2-8H2,1H3. The van der Waals surface area contributed by atoms with E-state index >= 15 is 0 Å². The van der Waals surface area contributed by atoms with Crippen LogP contribution in [0, 0.1) is 0 Å². The molecule has 0 aromatic heterocycles. The summed E-state index contributed by atoms with van der Waals surface area (Å²) >= 11 is 0. The van der Waals surface area contributed by atoms with Gasteiger partial charge < -0.3 is 9.47 Å². The Bertz CT molecular complexity index is 293. The number of epoxide rings is 1. The summed E-state index contributed by atoms with van der Waals surface area (Å²) in [6, 6.07) is 0. The molecule has 0 spiro atoms. The van der Waals surface area contributed by atoms with E-state index in [0.29, 0.717) is 0 Å². The van der Waals surface area contributed by atoms with Gasteiger partial charge in [-0.3, -0.25) is 0 Å². The first-order chi connectivity index (χ1) is 7.16. The lowest BCUT2D eigenvalue weighted by molar-refractivity contribution is -0.160. The fraction of sp³-hybridized carbons (Fsp3) is 0.917. The molecule has 1 heterocycles. The van der Waals surface area contributed by atoms with Gasteiger partial charge in [-0.25, -0.2) is 4.79 Å². The molecule has 3 aliphatic rings. The van der Waals surface area contributed by atoms with Crippen LogP contribution >= 0.6 is 0 Å². The van der Waals surface area contributed by atoms with Gasteiger partial charge in [0.2, 0.25) is 0 Å². The number of fused-ring (bicyclic) bond motifs is 1. The summed E-state index contributed by atoms with van der Waals surface area (Å²) in [6.07, 6.45) is 7.59. The zero-order valence-corrected chi connectivity index (χ0v) is 9.25. The number of hydrogen-bond donors (Lipinski definition) is 0. The van der Waals surface area contributed by atoms with Crippen LogP contribution in [0.1, 0.15) is 51.9 Å². The number of carbonyl (C=O) groups excluding carboxylic acids is 1. The van der Waals surface area contributed by atoms with Crippen molar-refractivity contribution in [1.82, 2.24) is 0 Å². The average molecular weight is 210 g/mol. The van der Waals surface area contributed by atoms with Crippen molar-refractivity contribution in [3.8, 4) is 0 Å². The van der Waals surface area contributed by atoms with E-state index in [4.69, 9.17) is 9.47 Å². The van der Waals surface area contributed by atoms with E-state index in [2.05, 4.69) is 0 Å². The molecule has 1 aliphatic heterocycles. The van der Waals surface area contributed by atoms with Gasteiger partial charge in [-0.1, -0.05) is 6.42 Å². The summed E-state index contributed by atoms with van der Waals surface area (Å²) in [5.41, 5.74) is -0.757. The molecule has 2 unspecified atom stereocenters. The molecular weight excluding hydrogens is 192 g/mol. The van der Waals surface area contributed by atoms with Crippen LogP contribution in [0.3, 0.4) is 0 Å². The first-order valence-corrected chi connectivity index (χ1v) is 6.08. The molecule has 3 nitrogen and oxygen atoms in total. The Kier molecular flexibility index (Phi) is 1.91. The minimum atomic E-state index is -0.555. The van der Waals surface area contributed by atoms with E-state index in [9.17, 15) is 4.79 Å². The van der Waals surface area contributed by atoms with Crippen molar-refractivity contribution in [2.45, 2.75) is 69.2 Å². The molecule has 0 bridgehead atoms. The molecule has 0 aromatic rings. The maximum absolute atomic E-state index is 12.0. The molecule has 15 heavy (non-hydrogen) atoms. The molecule has 0 aromatic carbocycles. The van der Waals surface area contributed by atoms with E-state index in [-0.39, 0.29) is 17.7 Å². The third kappa shape index (κ3) is 1.25. The molecule has 0 amide bonds. The van der Waals surface area contributed by atoms with E-state index in [1.807, 2.05) is 6.92 Å². The van der Waals surface area contributed by atoms with Gasteiger partial charge in [0.1, 0.15) is 11.7 Å². The summed E-state index contributed by atoms with van der Waals surface area (Å²) in [6.45, 7) is 2.05. The van der Waals surface area contributed by atoms with E-state index < -0.39 is 5.60 Å². The van der Waals surface area contributed by atoms with Gasteiger partial charge in [0.05, 0.1) is 0 Å². The molecule has 3 fully saturated rings. The van der Waals surface area contributed by atoms with Crippen molar-refractivity contribution in [2.24, 2.45) is 0 Å². The van der Waals surface area contributed by atoms with Gasteiger partial charge in [0.25, 0.3) is 0 Å². The fourth-order valence-electron chi connectivity index (χ4n) is 2.86. The minimum absolute atomic E-state index is 0.0885. The number of rotatable bonds is 2. The Hall–Kier alpha value is -0.570. The van der Waals surface area contributed by atoms with Gasteiger partial charge in [-0.2, -0.15) is 0 Å². The van der Waals surface area contributed by atoms with Crippen LogP contribution in [0.5, 0.6) is 0 Å². The zero-order valence-electron chi connectivity index (χ0n) is 9.25. The molecule has 3 heteroatoms. The molecule has 2 aliphatic carbocycles. The Morgan fingerprint density at radius 3 is 2.60 bits per heavy atom. The van der Waals surface area contributed by atoms with Crippen LogP contribution < -0.4 is 0 Å². The Balaban J connectivity index is 1.68. The lowest BCUT2D eigenvalue weighted by atomic mass is 9.80. The molecule has 3 rings (SSSR count). The quantitative estimate of drug-likeness (QED) is 0.518. The second kappa shape index (κ2) is 2.97. The summed E-state index contributed by atoms with van der Waals surface area (Å²) in [7, 11) is 0. The van der Waals surface area contributed by atoms with Gasteiger partial charge in [-0.05, 0) is 45.4 Å². The number of hydrogen-bond acceptors (Lipinski definition) is 3. The SMILES string of the molecule is CC12CCCCC1(C(=O)OC1CCC1)O2. The van der Waals surface area contributed by atoms with Crippen LogP contribution in [0.15, 0.2) is 0 Å². The van der Waals surface area contributed by atoms with E-state index in [0.717, 1.165) is 32.1 Å². The van der Waals surface area contributed by atoms with Crippen molar-refractivity contribution in [2.75, 3.05) is 0 Å². The molecule has 0 radical (unpaired) electrons. The third-order valence-electron chi connectivity index (χ3n) is 4.30. The summed E-state index contributed by atoms with van der Waals surface area (Å²) < 4.78 is 11.2. The number of ether oxygens (including phenoxy) is 2. The molecule has 1 saturated heterocycles. The monoisotopic (exact) mass is 210 g/mol. The molecule has 2 atom stereocenters. The Labute approximate surface area is 90.1 Å². The first kappa shape index (κ1) is 9.64. The largest absolute Gasteiger partial charge is 0.460 e. The lowest BCUT2D eigenvalue weighted by Crippen LogP contribution is -2.40. The zero-order chi connectivity index (χ0) is 10.5. The Morgan fingerprint density at radius 1 is 1.27 bits per heavy atom. The predicted octanol–water partition coefficient (Wildman–Crippen LogP) is 2.18. The second-order valence-electron chi connectivity index (χ2n) is 5.33. The van der Waals surface area contributed by atoms with Gasteiger partial charge in [0.15, 0.2) is 5.60 Å². The molecule has 0 N–H and O–H groups in total. The van der Waals surface area contributed by atoms with Crippen LogP contribution in [0.2, 0.25) is 0 Å². The van der Waals surface area contributed by atoms with Gasteiger partial charge >= 0.3 is 5.97 Å². The van der Waals surface area contributed by atoms with Crippen molar-refractivity contribution >= 4 is 5.97 Å². The van der Waals surface area contributed by atoms with Crippen LogP contribution in [0.4, 0.5) is 0 Å². The number of carbonyl (C=O) groups is 1. The smallest absolute Gasteiger partial charge is 0.341 e. The summed E-state index contributed by atoms with van der Waals surface area (Å²) in [4.78, 5) is 12.0. The van der Waals surface area contributed by atoms with Crippen LogP contribution in [-0.2, 0) is 14.3 Å². The van der Waals surface area contributed by atoms with Crippen molar-refractivity contribution in [3.05, 3.63) is 0 Å². The third-order valence-corrected chi connectivity index (χ3v) is 4.30. The summed E-state index contributed by atoms with van der Waals surface area (Å²) in [5, 5.41) is 0. The van der Waals surface area contributed by atoms with E-state index in [1.165, 1.54) is 12.8 Å². The van der Waals surface area contributed by atoms with Gasteiger partial charge in [-0.15, -0.1) is 0 Å². The van der Waals surface area contributed by atoms with Crippen molar-refractivity contribution < 1.29 is 14.3 Å². The first-order valence-electron chi connectivity index (χ1n) is 6.08. The fourth-order valence-corrected chi connectivity index (χ4v) is 2.86. The van der Waals surface area contributed by atoms with Crippen molar-refractivity contribution in [3.63, 3.8) is 0 Å². The highest BCUT2D eigenvalue weighted by molar-refractivity contribution is 5.85. The maximum Gasteiger partial charge on any atom is 0.341 e. The van der Waals surface area contributed by atoms with Crippen LogP contribution in [-0.4, -0.2) is 23.3 Å². The molecule has 84 valence electrons. The normalized spacial score (nSPS) is 44.1. The molecular formula is C12H18O3. The molecule has 2 saturated carbocycles. The maximum atomic E-state index is 12.0. The predicted molar refractivity (Wildman–Crippen MR) is 54.4 cm³/mol. The van der Waals surface area contributed by atoms with E-state index in [1.54, 1.807) is 0 Å². The summed E-state index contributed by atoms with van der Waals surface area (Å²) in [5.74, 6) is -0.0885. The highest BCUT2D eigenvalue weighted by Gasteiger charge is 2.73. The van der Waals surface area contributed by atoms with Crippen LogP contribution in [0.25, 0.3) is 0 Å².